The monoisotopic (exact) mass is 311 g/mol. The Labute approximate surface area is 123 Å². The molecule has 0 aliphatic heterocycles. The first-order chi connectivity index (χ1) is 9.49. The fourth-order valence-electron chi connectivity index (χ4n) is 1.45. The molecule has 0 saturated heterocycles. The molecule has 0 atom stereocenters. The summed E-state index contributed by atoms with van der Waals surface area (Å²) in [6.07, 6.45) is 1.30. The van der Waals surface area contributed by atoms with Gasteiger partial charge in [-0.05, 0) is 30.3 Å². The number of aromatic nitrogens is 1. The number of carboxylic acid groups (broad SMARTS) is 1. The fourth-order valence-corrected chi connectivity index (χ4v) is 1.89. The zero-order valence-electron chi connectivity index (χ0n) is 9.84. The smallest absolute Gasteiger partial charge is 0.363 e. The van der Waals surface area contributed by atoms with Crippen LogP contribution in [0.3, 0.4) is 0 Å². The highest BCUT2D eigenvalue weighted by Crippen LogP contribution is 2.28. The van der Waals surface area contributed by atoms with Gasteiger partial charge in [-0.3, -0.25) is 0 Å². The molecule has 0 spiro atoms. The molecule has 0 unspecified atom stereocenters. The molecule has 0 radical (unpaired) electrons. The number of hydrogen-bond donors (Lipinski definition) is 1. The number of hydrogen-bond acceptors (Lipinski definition) is 4. The quantitative estimate of drug-likeness (QED) is 0.695. The Hall–Kier alpha value is -2.11. The molecule has 1 aromatic heterocycles. The van der Waals surface area contributed by atoms with Gasteiger partial charge in [-0.2, -0.15) is 0 Å². The first-order valence-electron chi connectivity index (χ1n) is 5.34. The standard InChI is InChI=1S/C13H7Cl2NO4/c14-7-3-4-10(9(15)6-7)20-13(19)11-8(12(17)18)2-1-5-16-11/h1-6H,(H,17,18). The fraction of sp³-hybridized carbons (Fsp3) is 0. The van der Waals surface area contributed by atoms with Crippen LogP contribution >= 0.6 is 23.2 Å². The predicted octanol–water partition coefficient (Wildman–Crippen LogP) is 3.31. The highest BCUT2D eigenvalue weighted by atomic mass is 35.5. The van der Waals surface area contributed by atoms with E-state index in [1.54, 1.807) is 0 Å². The Bertz CT molecular complexity index is 688. The zero-order valence-corrected chi connectivity index (χ0v) is 11.4. The number of halogens is 2. The molecule has 7 heteroatoms. The van der Waals surface area contributed by atoms with Crippen molar-refractivity contribution < 1.29 is 19.4 Å². The number of aromatic carboxylic acids is 1. The summed E-state index contributed by atoms with van der Waals surface area (Å²) in [5.74, 6) is -2.11. The van der Waals surface area contributed by atoms with E-state index in [-0.39, 0.29) is 22.0 Å². The Morgan fingerprint density at radius 1 is 1.20 bits per heavy atom. The molecule has 5 nitrogen and oxygen atoms in total. The Balaban J connectivity index is 2.31. The minimum absolute atomic E-state index is 0.0723. The Morgan fingerprint density at radius 3 is 2.60 bits per heavy atom. The minimum atomic E-state index is -1.27. The number of carbonyl (C=O) groups is 2. The molecule has 102 valence electrons. The second-order valence-electron chi connectivity index (χ2n) is 3.67. The third kappa shape index (κ3) is 3.07. The number of carbonyl (C=O) groups excluding carboxylic acids is 1. The van der Waals surface area contributed by atoms with Crippen LogP contribution in [-0.4, -0.2) is 22.0 Å². The van der Waals surface area contributed by atoms with Crippen molar-refractivity contribution >= 4 is 35.1 Å². The van der Waals surface area contributed by atoms with Crippen LogP contribution in [0.25, 0.3) is 0 Å². The predicted molar refractivity (Wildman–Crippen MR) is 72.6 cm³/mol. The largest absolute Gasteiger partial charge is 0.478 e. The van der Waals surface area contributed by atoms with Gasteiger partial charge in [0.25, 0.3) is 0 Å². The molecule has 0 amide bonds. The molecule has 0 aliphatic carbocycles. The highest BCUT2D eigenvalue weighted by molar-refractivity contribution is 6.35. The topological polar surface area (TPSA) is 76.5 Å². The summed E-state index contributed by atoms with van der Waals surface area (Å²) in [4.78, 5) is 26.7. The van der Waals surface area contributed by atoms with Crippen molar-refractivity contribution in [1.82, 2.24) is 4.98 Å². The van der Waals surface area contributed by atoms with Gasteiger partial charge in [-0.1, -0.05) is 23.2 Å². The maximum absolute atomic E-state index is 11.9. The lowest BCUT2D eigenvalue weighted by molar-refractivity contribution is 0.0664. The van der Waals surface area contributed by atoms with E-state index in [2.05, 4.69) is 4.98 Å². The van der Waals surface area contributed by atoms with Gasteiger partial charge in [0.1, 0.15) is 5.75 Å². The summed E-state index contributed by atoms with van der Waals surface area (Å²) in [7, 11) is 0. The van der Waals surface area contributed by atoms with Gasteiger partial charge in [0.2, 0.25) is 0 Å². The van der Waals surface area contributed by atoms with Crippen molar-refractivity contribution in [2.45, 2.75) is 0 Å². The summed E-state index contributed by atoms with van der Waals surface area (Å²) in [6.45, 7) is 0. The molecule has 0 fully saturated rings. The normalized spacial score (nSPS) is 10.1. The highest BCUT2D eigenvalue weighted by Gasteiger charge is 2.20. The SMILES string of the molecule is O=C(O)c1cccnc1C(=O)Oc1ccc(Cl)cc1Cl. The maximum atomic E-state index is 11.9. The van der Waals surface area contributed by atoms with Crippen LogP contribution in [0.4, 0.5) is 0 Å². The summed E-state index contributed by atoms with van der Waals surface area (Å²) >= 11 is 11.6. The van der Waals surface area contributed by atoms with Crippen LogP contribution in [0, 0.1) is 0 Å². The van der Waals surface area contributed by atoms with Crippen molar-refractivity contribution in [3.63, 3.8) is 0 Å². The molecule has 1 aromatic carbocycles. The van der Waals surface area contributed by atoms with Gasteiger partial charge < -0.3 is 9.84 Å². The van der Waals surface area contributed by atoms with Crippen molar-refractivity contribution in [2.24, 2.45) is 0 Å². The van der Waals surface area contributed by atoms with E-state index in [4.69, 9.17) is 33.0 Å². The van der Waals surface area contributed by atoms with E-state index >= 15 is 0 Å². The third-order valence-corrected chi connectivity index (χ3v) is 2.86. The average molecular weight is 312 g/mol. The first kappa shape index (κ1) is 14.3. The van der Waals surface area contributed by atoms with Gasteiger partial charge in [0.05, 0.1) is 10.6 Å². The second kappa shape index (κ2) is 5.90. The van der Waals surface area contributed by atoms with Crippen LogP contribution in [0.1, 0.15) is 20.8 Å². The Morgan fingerprint density at radius 2 is 1.95 bits per heavy atom. The molecular weight excluding hydrogens is 305 g/mol. The van der Waals surface area contributed by atoms with Crippen molar-refractivity contribution in [1.29, 1.82) is 0 Å². The van der Waals surface area contributed by atoms with Crippen LogP contribution in [0.15, 0.2) is 36.5 Å². The zero-order chi connectivity index (χ0) is 14.7. The number of benzene rings is 1. The van der Waals surface area contributed by atoms with Gasteiger partial charge in [0, 0.05) is 11.2 Å². The first-order valence-corrected chi connectivity index (χ1v) is 6.10. The summed E-state index contributed by atoms with van der Waals surface area (Å²) < 4.78 is 5.02. The van der Waals surface area contributed by atoms with Crippen LogP contribution in [-0.2, 0) is 0 Å². The molecule has 2 rings (SSSR count). The molecule has 1 heterocycles. The molecule has 20 heavy (non-hydrogen) atoms. The van der Waals surface area contributed by atoms with Crippen molar-refractivity contribution in [2.75, 3.05) is 0 Å². The third-order valence-electron chi connectivity index (χ3n) is 2.33. The number of rotatable bonds is 3. The van der Waals surface area contributed by atoms with Gasteiger partial charge >= 0.3 is 11.9 Å². The van der Waals surface area contributed by atoms with E-state index in [1.807, 2.05) is 0 Å². The summed E-state index contributed by atoms with van der Waals surface area (Å²) in [5, 5.41) is 9.51. The van der Waals surface area contributed by atoms with Crippen LogP contribution in [0.2, 0.25) is 10.0 Å². The van der Waals surface area contributed by atoms with Crippen LogP contribution < -0.4 is 4.74 Å². The number of pyridine rings is 1. The van der Waals surface area contributed by atoms with E-state index in [1.165, 1.54) is 36.5 Å². The molecule has 0 aliphatic rings. The van der Waals surface area contributed by atoms with Crippen molar-refractivity contribution in [3.05, 3.63) is 57.8 Å². The molecular formula is C13H7Cl2NO4. The summed E-state index contributed by atoms with van der Waals surface area (Å²) in [5.41, 5.74) is -0.548. The average Bonchev–Trinajstić information content (AvgIpc) is 2.41. The van der Waals surface area contributed by atoms with E-state index in [9.17, 15) is 9.59 Å². The minimum Gasteiger partial charge on any atom is -0.478 e. The number of ether oxygens (including phenoxy) is 1. The lowest BCUT2D eigenvalue weighted by atomic mass is 10.2. The number of carboxylic acids is 1. The maximum Gasteiger partial charge on any atom is 0.363 e. The molecule has 2 aromatic rings. The Kier molecular flexibility index (Phi) is 4.22. The van der Waals surface area contributed by atoms with E-state index < -0.39 is 11.9 Å². The van der Waals surface area contributed by atoms with Crippen LogP contribution in [0.5, 0.6) is 5.75 Å². The number of esters is 1. The van der Waals surface area contributed by atoms with E-state index in [0.717, 1.165) is 0 Å². The molecule has 0 saturated carbocycles. The van der Waals surface area contributed by atoms with E-state index in [0.29, 0.717) is 5.02 Å². The lowest BCUT2D eigenvalue weighted by Crippen LogP contribution is -2.16. The molecule has 1 N–H and O–H groups in total. The lowest BCUT2D eigenvalue weighted by Gasteiger charge is -2.07. The van der Waals surface area contributed by atoms with Gasteiger partial charge in [-0.25, -0.2) is 14.6 Å². The summed E-state index contributed by atoms with van der Waals surface area (Å²) in [6, 6.07) is 6.98. The second-order valence-corrected chi connectivity index (χ2v) is 4.51. The van der Waals surface area contributed by atoms with Gasteiger partial charge in [0.15, 0.2) is 5.69 Å². The van der Waals surface area contributed by atoms with Crippen molar-refractivity contribution in [3.8, 4) is 5.75 Å². The van der Waals surface area contributed by atoms with Gasteiger partial charge in [-0.15, -0.1) is 0 Å². The number of nitrogens with zero attached hydrogens (tertiary/aromatic N) is 1. The molecule has 0 bridgehead atoms.